The highest BCUT2D eigenvalue weighted by Crippen LogP contribution is 2.23. The van der Waals surface area contributed by atoms with Gasteiger partial charge in [-0.3, -0.25) is 9.47 Å². The van der Waals surface area contributed by atoms with Crippen molar-refractivity contribution in [1.82, 2.24) is 14.5 Å². The summed E-state index contributed by atoms with van der Waals surface area (Å²) in [7, 11) is 0. The highest BCUT2D eigenvalue weighted by molar-refractivity contribution is 6.31. The van der Waals surface area contributed by atoms with Gasteiger partial charge in [0.1, 0.15) is 0 Å². The molecule has 3 aromatic rings. The van der Waals surface area contributed by atoms with Crippen LogP contribution in [0.2, 0.25) is 10.0 Å². The number of anilines is 1. The molecule has 26 heavy (non-hydrogen) atoms. The van der Waals surface area contributed by atoms with E-state index in [9.17, 15) is 0 Å². The average molecular weight is 387 g/mol. The number of rotatable bonds is 4. The smallest absolute Gasteiger partial charge is 0.210 e. The van der Waals surface area contributed by atoms with Gasteiger partial charge in [-0.1, -0.05) is 47.5 Å². The van der Waals surface area contributed by atoms with Crippen LogP contribution in [0.15, 0.2) is 60.9 Å². The number of imidazole rings is 1. The molecule has 0 saturated carbocycles. The van der Waals surface area contributed by atoms with Crippen molar-refractivity contribution in [2.75, 3.05) is 31.1 Å². The highest BCUT2D eigenvalue weighted by Gasteiger charge is 2.21. The normalized spacial score (nSPS) is 15.4. The van der Waals surface area contributed by atoms with Crippen molar-refractivity contribution in [3.05, 3.63) is 76.5 Å². The van der Waals surface area contributed by atoms with Crippen LogP contribution >= 0.6 is 23.2 Å². The van der Waals surface area contributed by atoms with Gasteiger partial charge in [-0.05, 0) is 29.8 Å². The van der Waals surface area contributed by atoms with Gasteiger partial charge in [0, 0.05) is 60.9 Å². The fourth-order valence-corrected chi connectivity index (χ4v) is 3.71. The minimum absolute atomic E-state index is 0.728. The number of halogens is 2. The summed E-state index contributed by atoms with van der Waals surface area (Å²) < 4.78 is 2.09. The van der Waals surface area contributed by atoms with Gasteiger partial charge in [0.05, 0.1) is 0 Å². The SMILES string of the molecule is Clc1cccc(-n2ccnc2N2CCN(Cc3ccccc3Cl)CC2)c1. The Labute approximate surface area is 163 Å². The Hall–Kier alpha value is -2.01. The largest absolute Gasteiger partial charge is 0.339 e. The van der Waals surface area contributed by atoms with Gasteiger partial charge in [0.15, 0.2) is 0 Å². The fraction of sp³-hybridized carbons (Fsp3) is 0.250. The van der Waals surface area contributed by atoms with Crippen LogP contribution in [0.5, 0.6) is 0 Å². The summed E-state index contributed by atoms with van der Waals surface area (Å²) in [5, 5.41) is 1.57. The molecule has 0 spiro atoms. The van der Waals surface area contributed by atoms with Crippen LogP contribution in [0.1, 0.15) is 5.56 Å². The van der Waals surface area contributed by atoms with Crippen LogP contribution in [-0.2, 0) is 6.54 Å². The lowest BCUT2D eigenvalue weighted by Gasteiger charge is -2.35. The molecule has 0 bridgehead atoms. The Morgan fingerprint density at radius 1 is 0.923 bits per heavy atom. The van der Waals surface area contributed by atoms with Crippen molar-refractivity contribution in [2.24, 2.45) is 0 Å². The Balaban J connectivity index is 1.44. The predicted octanol–water partition coefficient (Wildman–Crippen LogP) is 4.50. The van der Waals surface area contributed by atoms with E-state index in [1.165, 1.54) is 5.56 Å². The zero-order valence-corrected chi connectivity index (χ0v) is 15.9. The minimum Gasteiger partial charge on any atom is -0.339 e. The second kappa shape index (κ2) is 7.70. The molecule has 0 atom stereocenters. The molecular formula is C20H20Cl2N4. The first kappa shape index (κ1) is 17.4. The number of nitrogens with zero attached hydrogens (tertiary/aromatic N) is 4. The first-order valence-electron chi connectivity index (χ1n) is 8.71. The second-order valence-corrected chi connectivity index (χ2v) is 7.28. The number of hydrogen-bond acceptors (Lipinski definition) is 3. The molecule has 134 valence electrons. The molecule has 0 unspecified atom stereocenters. The number of piperazine rings is 1. The van der Waals surface area contributed by atoms with Crippen molar-refractivity contribution in [3.63, 3.8) is 0 Å². The van der Waals surface area contributed by atoms with Gasteiger partial charge in [0.2, 0.25) is 5.95 Å². The third kappa shape index (κ3) is 3.73. The van der Waals surface area contributed by atoms with Crippen LogP contribution in [0.25, 0.3) is 5.69 Å². The Bertz CT molecular complexity index is 885. The molecule has 1 aliphatic rings. The fourth-order valence-electron chi connectivity index (χ4n) is 3.33. The second-order valence-electron chi connectivity index (χ2n) is 6.43. The average Bonchev–Trinajstić information content (AvgIpc) is 3.14. The first-order valence-corrected chi connectivity index (χ1v) is 9.46. The molecule has 2 aromatic carbocycles. The molecule has 4 nitrogen and oxygen atoms in total. The Morgan fingerprint density at radius 2 is 1.73 bits per heavy atom. The van der Waals surface area contributed by atoms with Crippen molar-refractivity contribution in [1.29, 1.82) is 0 Å². The summed E-state index contributed by atoms with van der Waals surface area (Å²) in [6.07, 6.45) is 3.82. The lowest BCUT2D eigenvalue weighted by molar-refractivity contribution is 0.248. The summed E-state index contributed by atoms with van der Waals surface area (Å²) in [6.45, 7) is 4.71. The molecule has 4 rings (SSSR count). The quantitative estimate of drug-likeness (QED) is 0.659. The van der Waals surface area contributed by atoms with E-state index in [2.05, 4.69) is 25.4 Å². The molecule has 0 aliphatic carbocycles. The molecule has 1 saturated heterocycles. The van der Waals surface area contributed by atoms with E-state index in [0.29, 0.717) is 0 Å². The zero-order valence-electron chi connectivity index (χ0n) is 14.4. The van der Waals surface area contributed by atoms with Gasteiger partial charge in [-0.25, -0.2) is 4.98 Å². The molecular weight excluding hydrogens is 367 g/mol. The number of benzene rings is 2. The third-order valence-electron chi connectivity index (χ3n) is 4.71. The first-order chi connectivity index (χ1) is 12.7. The lowest BCUT2D eigenvalue weighted by Crippen LogP contribution is -2.46. The monoisotopic (exact) mass is 386 g/mol. The van der Waals surface area contributed by atoms with E-state index in [-0.39, 0.29) is 0 Å². The van der Waals surface area contributed by atoms with Crippen LogP contribution in [0.3, 0.4) is 0 Å². The Morgan fingerprint density at radius 3 is 2.50 bits per heavy atom. The summed E-state index contributed by atoms with van der Waals surface area (Å²) >= 11 is 12.4. The lowest BCUT2D eigenvalue weighted by atomic mass is 10.2. The number of aromatic nitrogens is 2. The molecule has 6 heteroatoms. The van der Waals surface area contributed by atoms with Crippen LogP contribution in [-0.4, -0.2) is 40.6 Å². The van der Waals surface area contributed by atoms with Gasteiger partial charge < -0.3 is 4.90 Å². The maximum Gasteiger partial charge on any atom is 0.210 e. The van der Waals surface area contributed by atoms with Crippen molar-refractivity contribution < 1.29 is 0 Å². The Kier molecular flexibility index (Phi) is 5.16. The van der Waals surface area contributed by atoms with Crippen molar-refractivity contribution >= 4 is 29.2 Å². The topological polar surface area (TPSA) is 24.3 Å². The molecule has 1 aliphatic heterocycles. The summed E-state index contributed by atoms with van der Waals surface area (Å²) in [4.78, 5) is 9.33. The predicted molar refractivity (Wildman–Crippen MR) is 108 cm³/mol. The summed E-state index contributed by atoms with van der Waals surface area (Å²) in [5.41, 5.74) is 2.21. The van der Waals surface area contributed by atoms with Crippen LogP contribution in [0, 0.1) is 0 Å². The van der Waals surface area contributed by atoms with Gasteiger partial charge in [0.25, 0.3) is 0 Å². The molecule has 0 amide bonds. The van der Waals surface area contributed by atoms with E-state index in [4.69, 9.17) is 23.2 Å². The molecule has 0 N–H and O–H groups in total. The van der Waals surface area contributed by atoms with E-state index in [0.717, 1.165) is 54.4 Å². The van der Waals surface area contributed by atoms with E-state index in [1.54, 1.807) is 0 Å². The van der Waals surface area contributed by atoms with Gasteiger partial charge in [-0.2, -0.15) is 0 Å². The summed E-state index contributed by atoms with van der Waals surface area (Å²) in [6, 6.07) is 15.9. The third-order valence-corrected chi connectivity index (χ3v) is 5.32. The zero-order chi connectivity index (χ0) is 17.9. The minimum atomic E-state index is 0.728. The maximum atomic E-state index is 6.29. The number of hydrogen-bond donors (Lipinski definition) is 0. The van der Waals surface area contributed by atoms with Gasteiger partial charge >= 0.3 is 0 Å². The molecule has 0 radical (unpaired) electrons. The van der Waals surface area contributed by atoms with Crippen molar-refractivity contribution in [2.45, 2.75) is 6.54 Å². The molecule has 1 aromatic heterocycles. The highest BCUT2D eigenvalue weighted by atomic mass is 35.5. The standard InChI is InChI=1S/C20H20Cl2N4/c21-17-5-3-6-18(14-17)26-9-8-23-20(26)25-12-10-24(11-13-25)15-16-4-1-2-7-19(16)22/h1-9,14H,10-13,15H2. The van der Waals surface area contributed by atoms with E-state index < -0.39 is 0 Å². The summed E-state index contributed by atoms with van der Waals surface area (Å²) in [5.74, 6) is 0.963. The van der Waals surface area contributed by atoms with Crippen LogP contribution in [0.4, 0.5) is 5.95 Å². The van der Waals surface area contributed by atoms with Crippen molar-refractivity contribution in [3.8, 4) is 5.69 Å². The molecule has 1 fully saturated rings. The maximum absolute atomic E-state index is 6.29. The van der Waals surface area contributed by atoms with E-state index >= 15 is 0 Å². The van der Waals surface area contributed by atoms with Crippen LogP contribution < -0.4 is 4.90 Å². The molecule has 2 heterocycles. The van der Waals surface area contributed by atoms with Gasteiger partial charge in [-0.15, -0.1) is 0 Å². The van der Waals surface area contributed by atoms with E-state index in [1.807, 2.05) is 54.9 Å².